The van der Waals surface area contributed by atoms with Crippen LogP contribution in [0.1, 0.15) is 64.2 Å². The van der Waals surface area contributed by atoms with E-state index in [1.54, 1.807) is 25.7 Å². The van der Waals surface area contributed by atoms with E-state index in [2.05, 4.69) is 31.1 Å². The summed E-state index contributed by atoms with van der Waals surface area (Å²) in [4.78, 5) is 2.26. The molecule has 116 valence electrons. The van der Waals surface area contributed by atoms with E-state index in [-0.39, 0.29) is 7.92 Å². The summed E-state index contributed by atoms with van der Waals surface area (Å²) >= 11 is 0. The molecule has 0 unspecified atom stereocenters. The number of allylic oxidation sites excluding steroid dienone is 1. The van der Waals surface area contributed by atoms with Crippen LogP contribution in [-0.4, -0.2) is 43.0 Å². The van der Waals surface area contributed by atoms with Crippen LogP contribution in [0, 0.1) is 0 Å². The van der Waals surface area contributed by atoms with Gasteiger partial charge in [0.05, 0.1) is 0 Å². The molecule has 2 heteroatoms. The lowest BCUT2D eigenvalue weighted by Crippen LogP contribution is -2.21. The molecule has 0 amide bonds. The lowest BCUT2D eigenvalue weighted by atomic mass is 9.99. The maximum atomic E-state index is 2.52. The standard InChI is InChI=1S/C18H34NP/c1-19(2)15-9-10-16-20(17-11-5-3-6-12-17)18-13-7-4-8-14-18/h9-10,17-18H,3-8,11-16H2,1-2H3. The fourth-order valence-corrected chi connectivity index (χ4v) is 7.55. The minimum Gasteiger partial charge on any atom is -0.306 e. The maximum Gasteiger partial charge on any atom is 0.0157 e. The first kappa shape index (κ1) is 16.5. The normalized spacial score (nSPS) is 23.2. The van der Waals surface area contributed by atoms with Gasteiger partial charge in [0, 0.05) is 6.54 Å². The minimum absolute atomic E-state index is 0.267. The van der Waals surface area contributed by atoms with Crippen molar-refractivity contribution >= 4 is 7.92 Å². The Morgan fingerprint density at radius 3 is 1.75 bits per heavy atom. The molecule has 0 atom stereocenters. The number of hydrogen-bond donors (Lipinski definition) is 0. The van der Waals surface area contributed by atoms with Gasteiger partial charge in [-0.1, -0.05) is 58.6 Å². The van der Waals surface area contributed by atoms with Crippen molar-refractivity contribution in [3.63, 3.8) is 0 Å². The highest BCUT2D eigenvalue weighted by Crippen LogP contribution is 2.55. The largest absolute Gasteiger partial charge is 0.306 e. The van der Waals surface area contributed by atoms with E-state index in [1.165, 1.54) is 44.7 Å². The SMILES string of the molecule is CN(C)CC=CCP(C1CCCCC1)C1CCCCC1. The third-order valence-electron chi connectivity index (χ3n) is 5.04. The summed E-state index contributed by atoms with van der Waals surface area (Å²) in [6.07, 6.45) is 21.6. The predicted molar refractivity (Wildman–Crippen MR) is 93.2 cm³/mol. The molecule has 1 nitrogen and oxygen atoms in total. The second-order valence-corrected chi connectivity index (χ2v) is 9.87. The van der Waals surface area contributed by atoms with Crippen molar-refractivity contribution in [2.75, 3.05) is 26.8 Å². The Kier molecular flexibility index (Phi) is 7.60. The third kappa shape index (κ3) is 5.49. The molecule has 0 heterocycles. The molecule has 0 aromatic heterocycles. The van der Waals surface area contributed by atoms with E-state index in [0.717, 1.165) is 17.9 Å². The van der Waals surface area contributed by atoms with Gasteiger partial charge in [0.1, 0.15) is 0 Å². The molecule has 2 saturated carbocycles. The molecule has 0 saturated heterocycles. The van der Waals surface area contributed by atoms with E-state index in [0.29, 0.717) is 0 Å². The van der Waals surface area contributed by atoms with Crippen LogP contribution >= 0.6 is 7.92 Å². The molecule has 0 aliphatic heterocycles. The molecule has 2 rings (SSSR count). The fraction of sp³-hybridized carbons (Fsp3) is 0.889. The summed E-state index contributed by atoms with van der Waals surface area (Å²) in [6, 6.07) is 0. The molecule has 0 radical (unpaired) electrons. The van der Waals surface area contributed by atoms with Gasteiger partial charge in [-0.2, -0.15) is 0 Å². The summed E-state index contributed by atoms with van der Waals surface area (Å²) in [5.74, 6) is 0. The van der Waals surface area contributed by atoms with Crippen LogP contribution in [0.25, 0.3) is 0 Å². The Morgan fingerprint density at radius 1 is 0.800 bits per heavy atom. The van der Waals surface area contributed by atoms with Crippen molar-refractivity contribution in [2.24, 2.45) is 0 Å². The van der Waals surface area contributed by atoms with Gasteiger partial charge in [0.25, 0.3) is 0 Å². The molecule has 2 aliphatic carbocycles. The molecular formula is C18H34NP. The predicted octanol–water partition coefficient (Wildman–Crippen LogP) is 5.25. The Hall–Kier alpha value is 0.130. The Morgan fingerprint density at radius 2 is 1.30 bits per heavy atom. The maximum absolute atomic E-state index is 2.52. The second-order valence-electron chi connectivity index (χ2n) is 7.01. The van der Waals surface area contributed by atoms with Crippen molar-refractivity contribution in [1.82, 2.24) is 4.90 Å². The monoisotopic (exact) mass is 295 g/mol. The summed E-state index contributed by atoms with van der Waals surface area (Å²) in [7, 11) is 4.59. The molecule has 0 bridgehead atoms. The van der Waals surface area contributed by atoms with Gasteiger partial charge >= 0.3 is 0 Å². The second kappa shape index (κ2) is 9.21. The van der Waals surface area contributed by atoms with Crippen LogP contribution in [0.4, 0.5) is 0 Å². The van der Waals surface area contributed by atoms with E-state index >= 15 is 0 Å². The summed E-state index contributed by atoms with van der Waals surface area (Å²) in [6.45, 7) is 1.11. The lowest BCUT2D eigenvalue weighted by molar-refractivity contribution is 0.456. The van der Waals surface area contributed by atoms with Gasteiger partial charge in [0.15, 0.2) is 0 Å². The molecule has 0 spiro atoms. The smallest absolute Gasteiger partial charge is 0.0157 e. The molecule has 0 aromatic carbocycles. The molecule has 2 fully saturated rings. The van der Waals surface area contributed by atoms with Gasteiger partial charge in [-0.3, -0.25) is 0 Å². The van der Waals surface area contributed by atoms with E-state index in [9.17, 15) is 0 Å². The van der Waals surface area contributed by atoms with Crippen molar-refractivity contribution in [1.29, 1.82) is 0 Å². The minimum atomic E-state index is 0.267. The zero-order valence-electron chi connectivity index (χ0n) is 13.7. The molecule has 2 aliphatic rings. The number of likely N-dealkylation sites (N-methyl/N-ethyl adjacent to an activating group) is 1. The topological polar surface area (TPSA) is 3.24 Å². The molecular weight excluding hydrogens is 261 g/mol. The summed E-state index contributed by atoms with van der Waals surface area (Å²) in [5, 5.41) is 0. The van der Waals surface area contributed by atoms with Crippen molar-refractivity contribution in [3.05, 3.63) is 12.2 Å². The zero-order chi connectivity index (χ0) is 14.2. The highest BCUT2D eigenvalue weighted by molar-refractivity contribution is 7.59. The third-order valence-corrected chi connectivity index (χ3v) is 8.58. The first-order valence-electron chi connectivity index (χ1n) is 8.83. The molecule has 0 N–H and O–H groups in total. The fourth-order valence-electron chi connectivity index (χ4n) is 3.90. The highest BCUT2D eigenvalue weighted by atomic mass is 31.1. The Bertz CT molecular complexity index is 257. The van der Waals surface area contributed by atoms with Crippen molar-refractivity contribution in [3.8, 4) is 0 Å². The van der Waals surface area contributed by atoms with Crippen molar-refractivity contribution < 1.29 is 0 Å². The van der Waals surface area contributed by atoms with Gasteiger partial charge in [-0.15, -0.1) is 0 Å². The van der Waals surface area contributed by atoms with Crippen LogP contribution in [0.2, 0.25) is 0 Å². The molecule has 0 aromatic rings. The lowest BCUT2D eigenvalue weighted by Gasteiger charge is -2.38. The molecule has 20 heavy (non-hydrogen) atoms. The number of nitrogens with zero attached hydrogens (tertiary/aromatic N) is 1. The first-order chi connectivity index (χ1) is 9.77. The highest BCUT2D eigenvalue weighted by Gasteiger charge is 2.29. The van der Waals surface area contributed by atoms with Crippen LogP contribution in [0.15, 0.2) is 12.2 Å². The van der Waals surface area contributed by atoms with Crippen LogP contribution in [0.3, 0.4) is 0 Å². The summed E-state index contributed by atoms with van der Waals surface area (Å²) < 4.78 is 0. The Balaban J connectivity index is 1.89. The van der Waals surface area contributed by atoms with E-state index < -0.39 is 0 Å². The van der Waals surface area contributed by atoms with Crippen molar-refractivity contribution in [2.45, 2.75) is 75.5 Å². The average molecular weight is 295 g/mol. The van der Waals surface area contributed by atoms with Gasteiger partial charge in [-0.05, 0) is 57.3 Å². The summed E-state index contributed by atoms with van der Waals surface area (Å²) in [5.41, 5.74) is 2.21. The van der Waals surface area contributed by atoms with Gasteiger partial charge < -0.3 is 4.90 Å². The van der Waals surface area contributed by atoms with E-state index in [4.69, 9.17) is 0 Å². The zero-order valence-corrected chi connectivity index (χ0v) is 14.6. The van der Waals surface area contributed by atoms with Crippen LogP contribution in [-0.2, 0) is 0 Å². The number of hydrogen-bond acceptors (Lipinski definition) is 1. The first-order valence-corrected chi connectivity index (χ1v) is 10.5. The number of rotatable bonds is 6. The quantitative estimate of drug-likeness (QED) is 0.478. The van der Waals surface area contributed by atoms with Crippen LogP contribution < -0.4 is 0 Å². The Labute approximate surface area is 128 Å². The van der Waals surface area contributed by atoms with Crippen LogP contribution in [0.5, 0.6) is 0 Å². The average Bonchev–Trinajstić information content (AvgIpc) is 2.49. The van der Waals surface area contributed by atoms with Gasteiger partial charge in [-0.25, -0.2) is 0 Å². The van der Waals surface area contributed by atoms with E-state index in [1.807, 2.05) is 0 Å². The van der Waals surface area contributed by atoms with Gasteiger partial charge in [0.2, 0.25) is 0 Å².